The molecule has 1 aromatic carbocycles. The molecule has 0 aliphatic carbocycles. The lowest BCUT2D eigenvalue weighted by molar-refractivity contribution is 0.0928. The van der Waals surface area contributed by atoms with Crippen molar-refractivity contribution in [1.29, 1.82) is 0 Å². The molecular weight excluding hydrogens is 253 g/mol. The fourth-order valence-corrected chi connectivity index (χ4v) is 1.75. The third kappa shape index (κ3) is 3.15. The minimum atomic E-state index is -0.368. The van der Waals surface area contributed by atoms with E-state index in [0.29, 0.717) is 18.8 Å². The maximum absolute atomic E-state index is 13.1. The van der Waals surface area contributed by atoms with E-state index >= 15 is 0 Å². The molecule has 0 unspecified atom stereocenters. The molecule has 1 heterocycles. The van der Waals surface area contributed by atoms with Crippen LogP contribution in [-0.4, -0.2) is 4.99 Å². The lowest BCUT2D eigenvalue weighted by Gasteiger charge is -2.08. The quantitative estimate of drug-likeness (QED) is 0.844. The zero-order chi connectivity index (χ0) is 13.0. The highest BCUT2D eigenvalue weighted by Crippen LogP contribution is 2.14. The molecular formula is C13H12FNO2S. The number of hydrogen-bond acceptors (Lipinski definition) is 3. The van der Waals surface area contributed by atoms with Gasteiger partial charge >= 0.3 is 0 Å². The molecule has 0 saturated carbocycles. The second kappa shape index (κ2) is 5.75. The molecule has 2 rings (SSSR count). The summed E-state index contributed by atoms with van der Waals surface area (Å²) < 4.78 is 23.7. The molecule has 2 N–H and O–H groups in total. The van der Waals surface area contributed by atoms with Crippen LogP contribution in [0.4, 0.5) is 4.39 Å². The number of rotatable bonds is 5. The van der Waals surface area contributed by atoms with Gasteiger partial charge in [0.05, 0.1) is 12.9 Å². The highest BCUT2D eigenvalue weighted by Gasteiger charge is 2.07. The van der Waals surface area contributed by atoms with Gasteiger partial charge in [-0.1, -0.05) is 18.3 Å². The highest BCUT2D eigenvalue weighted by molar-refractivity contribution is 7.80. The number of nitrogens with two attached hydrogens (primary N) is 1. The van der Waals surface area contributed by atoms with Crippen molar-refractivity contribution in [1.82, 2.24) is 0 Å². The summed E-state index contributed by atoms with van der Waals surface area (Å²) in [5, 5.41) is 0. The van der Waals surface area contributed by atoms with E-state index in [1.54, 1.807) is 18.4 Å². The molecule has 0 atom stereocenters. The van der Waals surface area contributed by atoms with Crippen molar-refractivity contribution in [2.75, 3.05) is 0 Å². The van der Waals surface area contributed by atoms with Gasteiger partial charge in [0.2, 0.25) is 0 Å². The first-order valence-electron chi connectivity index (χ1n) is 5.35. The average molecular weight is 265 g/mol. The Morgan fingerprint density at radius 1 is 1.33 bits per heavy atom. The summed E-state index contributed by atoms with van der Waals surface area (Å²) in [6.45, 7) is 0.648. The molecule has 1 aromatic heterocycles. The van der Waals surface area contributed by atoms with Crippen molar-refractivity contribution < 1.29 is 13.5 Å². The number of ether oxygens (including phenoxy) is 1. The van der Waals surface area contributed by atoms with Crippen LogP contribution >= 0.6 is 12.2 Å². The normalized spacial score (nSPS) is 10.5. The maximum Gasteiger partial charge on any atom is 0.129 e. The van der Waals surface area contributed by atoms with E-state index in [1.807, 2.05) is 6.07 Å². The number of thiocarbonyl (C=S) groups is 1. The molecule has 0 aliphatic rings. The Balaban J connectivity index is 2.02. The van der Waals surface area contributed by atoms with Crippen LogP contribution in [0.25, 0.3) is 0 Å². The summed E-state index contributed by atoms with van der Waals surface area (Å²) >= 11 is 4.88. The summed E-state index contributed by atoms with van der Waals surface area (Å²) in [6.07, 6.45) is 1.58. The van der Waals surface area contributed by atoms with Crippen LogP contribution in [-0.2, 0) is 18.0 Å². The van der Waals surface area contributed by atoms with Crippen LogP contribution in [0.2, 0.25) is 0 Å². The lowest BCUT2D eigenvalue weighted by atomic mass is 10.1. The zero-order valence-corrected chi connectivity index (χ0v) is 10.4. The molecule has 0 radical (unpaired) electrons. The first kappa shape index (κ1) is 12.7. The minimum Gasteiger partial charge on any atom is -0.467 e. The first-order valence-corrected chi connectivity index (χ1v) is 5.76. The van der Waals surface area contributed by atoms with E-state index in [1.165, 1.54) is 12.1 Å². The van der Waals surface area contributed by atoms with Crippen LogP contribution in [0, 0.1) is 5.82 Å². The van der Waals surface area contributed by atoms with Gasteiger partial charge in [-0.15, -0.1) is 0 Å². The number of hydrogen-bond donors (Lipinski definition) is 1. The Bertz CT molecular complexity index is 540. The van der Waals surface area contributed by atoms with E-state index in [4.69, 9.17) is 27.1 Å². The molecule has 2 aromatic rings. The molecule has 3 nitrogen and oxygen atoms in total. The largest absolute Gasteiger partial charge is 0.467 e. The predicted octanol–water partition coefficient (Wildman–Crippen LogP) is 2.77. The smallest absolute Gasteiger partial charge is 0.129 e. The molecule has 0 bridgehead atoms. The van der Waals surface area contributed by atoms with Gasteiger partial charge in [0, 0.05) is 5.56 Å². The Morgan fingerprint density at radius 3 is 2.83 bits per heavy atom. The SMILES string of the molecule is NC(=S)c1cc(F)ccc1COCc1ccco1. The van der Waals surface area contributed by atoms with E-state index in [0.717, 1.165) is 11.3 Å². The topological polar surface area (TPSA) is 48.4 Å². The molecule has 0 fully saturated rings. The predicted molar refractivity (Wildman–Crippen MR) is 69.5 cm³/mol. The number of furan rings is 1. The first-order chi connectivity index (χ1) is 8.66. The standard InChI is InChI=1S/C13H12FNO2S/c14-10-4-3-9(12(6-10)13(15)18)7-16-8-11-2-1-5-17-11/h1-6H,7-8H2,(H2,15,18). The van der Waals surface area contributed by atoms with Crippen LogP contribution in [0.3, 0.4) is 0 Å². The van der Waals surface area contributed by atoms with Crippen molar-refractivity contribution >= 4 is 17.2 Å². The van der Waals surface area contributed by atoms with Gasteiger partial charge in [0.1, 0.15) is 23.2 Å². The second-order valence-corrected chi connectivity index (χ2v) is 4.18. The van der Waals surface area contributed by atoms with Gasteiger partial charge in [-0.05, 0) is 29.8 Å². The summed E-state index contributed by atoms with van der Waals surface area (Å²) in [6, 6.07) is 7.89. The van der Waals surface area contributed by atoms with Crippen molar-refractivity contribution in [3.8, 4) is 0 Å². The van der Waals surface area contributed by atoms with Gasteiger partial charge in [-0.2, -0.15) is 0 Å². The van der Waals surface area contributed by atoms with Crippen LogP contribution in [0.5, 0.6) is 0 Å². The summed E-state index contributed by atoms with van der Waals surface area (Å²) in [7, 11) is 0. The van der Waals surface area contributed by atoms with Gasteiger partial charge in [0.25, 0.3) is 0 Å². The second-order valence-electron chi connectivity index (χ2n) is 3.74. The molecule has 0 amide bonds. The van der Waals surface area contributed by atoms with Crippen molar-refractivity contribution in [3.05, 3.63) is 59.3 Å². The highest BCUT2D eigenvalue weighted by atomic mass is 32.1. The fourth-order valence-electron chi connectivity index (χ4n) is 1.56. The third-order valence-electron chi connectivity index (χ3n) is 2.42. The summed E-state index contributed by atoms with van der Waals surface area (Å²) in [5.41, 5.74) is 6.80. The van der Waals surface area contributed by atoms with Crippen molar-refractivity contribution in [2.24, 2.45) is 5.73 Å². The van der Waals surface area contributed by atoms with E-state index in [2.05, 4.69) is 0 Å². The van der Waals surface area contributed by atoms with Crippen LogP contribution in [0.1, 0.15) is 16.9 Å². The fraction of sp³-hybridized carbons (Fsp3) is 0.154. The number of halogens is 1. The maximum atomic E-state index is 13.1. The Morgan fingerprint density at radius 2 is 2.17 bits per heavy atom. The van der Waals surface area contributed by atoms with Crippen molar-refractivity contribution in [2.45, 2.75) is 13.2 Å². The zero-order valence-electron chi connectivity index (χ0n) is 9.56. The van der Waals surface area contributed by atoms with E-state index in [9.17, 15) is 4.39 Å². The lowest BCUT2D eigenvalue weighted by Crippen LogP contribution is -2.13. The summed E-state index contributed by atoms with van der Waals surface area (Å²) in [4.78, 5) is 0.158. The molecule has 0 saturated heterocycles. The Kier molecular flexibility index (Phi) is 4.07. The van der Waals surface area contributed by atoms with Gasteiger partial charge in [-0.3, -0.25) is 0 Å². The molecule has 0 aliphatic heterocycles. The van der Waals surface area contributed by atoms with Gasteiger partial charge < -0.3 is 14.9 Å². The van der Waals surface area contributed by atoms with Crippen LogP contribution in [0.15, 0.2) is 41.0 Å². The van der Waals surface area contributed by atoms with Crippen molar-refractivity contribution in [3.63, 3.8) is 0 Å². The molecule has 0 spiro atoms. The number of benzene rings is 1. The molecule has 18 heavy (non-hydrogen) atoms. The summed E-state index contributed by atoms with van der Waals surface area (Å²) in [5.74, 6) is 0.363. The van der Waals surface area contributed by atoms with E-state index < -0.39 is 0 Å². The Labute approximate surface area is 109 Å². The minimum absolute atomic E-state index is 0.158. The van der Waals surface area contributed by atoms with Gasteiger partial charge in [-0.25, -0.2) is 4.39 Å². The third-order valence-corrected chi connectivity index (χ3v) is 2.64. The van der Waals surface area contributed by atoms with Crippen LogP contribution < -0.4 is 5.73 Å². The molecule has 94 valence electrons. The monoisotopic (exact) mass is 265 g/mol. The average Bonchev–Trinajstić information content (AvgIpc) is 2.84. The molecule has 5 heteroatoms. The van der Waals surface area contributed by atoms with E-state index in [-0.39, 0.29) is 10.8 Å². The van der Waals surface area contributed by atoms with Gasteiger partial charge in [0.15, 0.2) is 0 Å². The Hall–Kier alpha value is -1.72.